The van der Waals surface area contributed by atoms with Crippen molar-refractivity contribution in [2.75, 3.05) is 17.9 Å². The molecule has 0 rings (SSSR count). The average Bonchev–Trinajstić information content (AvgIpc) is 2.53. The van der Waals surface area contributed by atoms with Crippen LogP contribution in [-0.2, 0) is 27.3 Å². The molecule has 0 bridgehead atoms. The maximum absolute atomic E-state index is 11.8. The molecule has 0 aromatic carbocycles. The number of ether oxygens (including phenoxy) is 2. The van der Waals surface area contributed by atoms with Gasteiger partial charge in [-0.05, 0) is 38.8 Å². The van der Waals surface area contributed by atoms with Crippen LogP contribution in [0, 0.1) is 5.92 Å². The van der Waals surface area contributed by atoms with Gasteiger partial charge in [0.05, 0.1) is 5.92 Å². The third-order valence-electron chi connectivity index (χ3n) is 2.84. The Kier molecular flexibility index (Phi) is 13.8. The van der Waals surface area contributed by atoms with Gasteiger partial charge < -0.3 is 17.7 Å². The SMILES string of the molecule is C=C(C)C(=O)OCOC(=O)C(C)CSC[Si]O[Si](C)(C)C[Si]O[SiH](C)C. The highest BCUT2D eigenvalue weighted by molar-refractivity contribution is 8.00. The maximum atomic E-state index is 11.8. The van der Waals surface area contributed by atoms with Gasteiger partial charge in [0.1, 0.15) is 0 Å². The number of carbonyl (C=O) groups is 2. The van der Waals surface area contributed by atoms with Gasteiger partial charge in [0.25, 0.3) is 0 Å². The van der Waals surface area contributed by atoms with Crippen molar-refractivity contribution in [1.29, 1.82) is 0 Å². The molecule has 26 heavy (non-hydrogen) atoms. The molecule has 6 nitrogen and oxygen atoms in total. The van der Waals surface area contributed by atoms with E-state index in [9.17, 15) is 9.59 Å². The van der Waals surface area contributed by atoms with Crippen LogP contribution in [-0.4, -0.2) is 66.7 Å². The van der Waals surface area contributed by atoms with Gasteiger partial charge in [-0.25, -0.2) is 4.79 Å². The predicted molar refractivity (Wildman–Crippen MR) is 113 cm³/mol. The van der Waals surface area contributed by atoms with Gasteiger partial charge in [-0.1, -0.05) is 13.5 Å². The Hall–Kier alpha value is -0.182. The van der Waals surface area contributed by atoms with E-state index in [0.29, 0.717) is 25.3 Å². The maximum Gasteiger partial charge on any atom is 0.335 e. The number of thioether (sulfide) groups is 1. The van der Waals surface area contributed by atoms with Gasteiger partial charge in [-0.2, -0.15) is 11.8 Å². The van der Waals surface area contributed by atoms with Crippen LogP contribution in [0.5, 0.6) is 0 Å². The Morgan fingerprint density at radius 1 is 1.23 bits per heavy atom. The number of hydrogen-bond donors (Lipinski definition) is 0. The Morgan fingerprint density at radius 3 is 2.46 bits per heavy atom. The highest BCUT2D eigenvalue weighted by Gasteiger charge is 2.23. The predicted octanol–water partition coefficient (Wildman–Crippen LogP) is 2.35. The summed E-state index contributed by atoms with van der Waals surface area (Å²) in [6, 6.07) is 0. The zero-order valence-corrected chi connectivity index (χ0v) is 21.5. The van der Waals surface area contributed by atoms with Gasteiger partial charge in [0.2, 0.25) is 26.3 Å². The first-order chi connectivity index (χ1) is 12.0. The fourth-order valence-electron chi connectivity index (χ4n) is 1.39. The van der Waals surface area contributed by atoms with Gasteiger partial charge >= 0.3 is 11.9 Å². The quantitative estimate of drug-likeness (QED) is 0.132. The van der Waals surface area contributed by atoms with E-state index in [2.05, 4.69) is 32.8 Å². The van der Waals surface area contributed by atoms with E-state index < -0.39 is 23.3 Å². The third kappa shape index (κ3) is 13.9. The minimum absolute atomic E-state index is 0.260. The van der Waals surface area contributed by atoms with Crippen molar-refractivity contribution < 1.29 is 27.3 Å². The molecule has 0 aliphatic rings. The highest BCUT2D eigenvalue weighted by atomic mass is 32.2. The lowest BCUT2D eigenvalue weighted by Crippen LogP contribution is -2.35. The van der Waals surface area contributed by atoms with Crippen molar-refractivity contribution in [1.82, 2.24) is 0 Å². The van der Waals surface area contributed by atoms with Crippen LogP contribution in [0.4, 0.5) is 0 Å². The van der Waals surface area contributed by atoms with E-state index in [1.165, 1.54) is 6.92 Å². The van der Waals surface area contributed by atoms with Crippen molar-refractivity contribution in [2.24, 2.45) is 5.92 Å². The summed E-state index contributed by atoms with van der Waals surface area (Å²) in [5.41, 5.74) is 1.32. The molecular formula is C15H30O6SSi4. The lowest BCUT2D eigenvalue weighted by Gasteiger charge is -2.22. The molecule has 0 saturated carbocycles. The smallest absolute Gasteiger partial charge is 0.335 e. The van der Waals surface area contributed by atoms with Gasteiger partial charge in [-0.15, -0.1) is 0 Å². The molecule has 1 unspecified atom stereocenters. The van der Waals surface area contributed by atoms with Crippen LogP contribution in [0.15, 0.2) is 12.2 Å². The van der Waals surface area contributed by atoms with Crippen LogP contribution in [0.3, 0.4) is 0 Å². The molecule has 1 atom stereocenters. The minimum atomic E-state index is -1.65. The first kappa shape index (κ1) is 25.8. The molecule has 0 aromatic rings. The topological polar surface area (TPSA) is 71.1 Å². The molecule has 0 N–H and O–H groups in total. The lowest BCUT2D eigenvalue weighted by molar-refractivity contribution is -0.166. The molecule has 0 spiro atoms. The van der Waals surface area contributed by atoms with E-state index >= 15 is 0 Å². The number of esters is 2. The zero-order chi connectivity index (χ0) is 20.2. The fourth-order valence-corrected chi connectivity index (χ4v) is 9.76. The molecule has 0 aliphatic carbocycles. The summed E-state index contributed by atoms with van der Waals surface area (Å²) in [7, 11) is -1.59. The second kappa shape index (κ2) is 13.9. The second-order valence-electron chi connectivity index (χ2n) is 6.70. The first-order valence-electron chi connectivity index (χ1n) is 8.41. The Bertz CT molecular complexity index is 461. The molecule has 148 valence electrons. The Labute approximate surface area is 169 Å². The monoisotopic (exact) mass is 450 g/mol. The summed E-state index contributed by atoms with van der Waals surface area (Å²) in [5.74, 6) is -0.548. The first-order valence-corrected chi connectivity index (χ1v) is 17.7. The lowest BCUT2D eigenvalue weighted by atomic mass is 10.2. The minimum Gasteiger partial charge on any atom is -0.459 e. The molecule has 0 saturated heterocycles. The molecular weight excluding hydrogens is 421 g/mol. The number of carbonyl (C=O) groups excluding carboxylic acids is 2. The third-order valence-corrected chi connectivity index (χ3v) is 14.2. The summed E-state index contributed by atoms with van der Waals surface area (Å²) in [6.07, 6.45) is 0. The molecule has 4 radical (unpaired) electrons. The number of rotatable bonds is 14. The number of hydrogen-bond acceptors (Lipinski definition) is 7. The molecule has 11 heteroatoms. The summed E-state index contributed by atoms with van der Waals surface area (Å²) in [5, 5.41) is 0.863. The molecule has 0 aliphatic heterocycles. The van der Waals surface area contributed by atoms with Crippen molar-refractivity contribution in [3.05, 3.63) is 12.2 Å². The van der Waals surface area contributed by atoms with Crippen molar-refractivity contribution in [2.45, 2.75) is 45.7 Å². The second-order valence-corrected chi connectivity index (χ2v) is 18.0. The molecule has 0 heterocycles. The van der Waals surface area contributed by atoms with Crippen LogP contribution < -0.4 is 0 Å². The fraction of sp³-hybridized carbons (Fsp3) is 0.733. The zero-order valence-electron chi connectivity index (χ0n) is 16.5. The van der Waals surface area contributed by atoms with Gasteiger partial charge in [-0.3, -0.25) is 4.79 Å². The van der Waals surface area contributed by atoms with Gasteiger partial charge in [0, 0.05) is 16.7 Å². The summed E-state index contributed by atoms with van der Waals surface area (Å²) < 4.78 is 21.5. The largest absolute Gasteiger partial charge is 0.459 e. The van der Waals surface area contributed by atoms with E-state index in [0.717, 1.165) is 11.0 Å². The molecule has 0 fully saturated rings. The summed E-state index contributed by atoms with van der Waals surface area (Å²) in [4.78, 5) is 23.0. The van der Waals surface area contributed by atoms with E-state index in [1.807, 2.05) is 0 Å². The summed E-state index contributed by atoms with van der Waals surface area (Å²) >= 11 is 1.67. The van der Waals surface area contributed by atoms with Crippen molar-refractivity contribution in [3.8, 4) is 0 Å². The highest BCUT2D eigenvalue weighted by Crippen LogP contribution is 2.13. The Morgan fingerprint density at radius 2 is 1.88 bits per heavy atom. The molecule has 0 aromatic heterocycles. The standard InChI is InChI=1S/C15H30O6SSi4/c1-12(2)14(16)18-9-19-15(17)13(3)8-22-10-23-21-26(6,7)11-24-20-25(4)5/h13,25H,1,8-11H2,2-7H3. The van der Waals surface area contributed by atoms with E-state index in [1.54, 1.807) is 18.7 Å². The van der Waals surface area contributed by atoms with Crippen molar-refractivity contribution in [3.63, 3.8) is 0 Å². The molecule has 0 amide bonds. The summed E-state index contributed by atoms with van der Waals surface area (Å²) in [6.45, 7) is 15.2. The average molecular weight is 451 g/mol. The van der Waals surface area contributed by atoms with Crippen LogP contribution in [0.1, 0.15) is 13.8 Å². The van der Waals surface area contributed by atoms with Crippen molar-refractivity contribution >= 4 is 60.6 Å². The normalized spacial score (nSPS) is 12.7. The Balaban J connectivity index is 3.80. The van der Waals surface area contributed by atoms with E-state index in [4.69, 9.17) is 17.7 Å². The van der Waals surface area contributed by atoms with Crippen LogP contribution >= 0.6 is 11.8 Å². The van der Waals surface area contributed by atoms with Crippen LogP contribution in [0.25, 0.3) is 0 Å². The van der Waals surface area contributed by atoms with Crippen LogP contribution in [0.2, 0.25) is 31.9 Å². The van der Waals surface area contributed by atoms with E-state index in [-0.39, 0.29) is 24.3 Å². The van der Waals surface area contributed by atoms with Gasteiger partial charge in [0.15, 0.2) is 17.4 Å².